The number of nitrogens with zero attached hydrogens (tertiary/aromatic N) is 2. The van der Waals surface area contributed by atoms with Crippen LogP contribution in [-0.4, -0.2) is 20.7 Å². The predicted octanol–water partition coefficient (Wildman–Crippen LogP) is 4.69. The summed E-state index contributed by atoms with van der Waals surface area (Å²) in [5, 5.41) is 0.323. The number of Topliss-reactive ketones (excluding diaryl/α,β-unsaturated/α-hetero) is 1. The van der Waals surface area contributed by atoms with Gasteiger partial charge in [-0.1, -0.05) is 29.8 Å². The lowest BCUT2D eigenvalue weighted by atomic mass is 10.0. The zero-order chi connectivity index (χ0) is 21.2. The van der Waals surface area contributed by atoms with Crippen molar-refractivity contribution >= 4 is 17.4 Å². The van der Waals surface area contributed by atoms with Gasteiger partial charge in [0.25, 0.3) is 0 Å². The Morgan fingerprint density at radius 1 is 1.10 bits per heavy atom. The number of aryl methyl sites for hydroxylation is 1. The van der Waals surface area contributed by atoms with E-state index >= 15 is 0 Å². The highest BCUT2D eigenvalue weighted by atomic mass is 35.5. The molecule has 0 aliphatic carbocycles. The molecule has 0 saturated carbocycles. The zero-order valence-electron chi connectivity index (χ0n) is 15.2. The average Bonchev–Trinajstić information content (AvgIpc) is 2.66. The molecule has 3 aromatic rings. The largest absolute Gasteiger partial charge is 0.416 e. The van der Waals surface area contributed by atoms with E-state index in [0.717, 1.165) is 17.7 Å². The van der Waals surface area contributed by atoms with Gasteiger partial charge in [0.1, 0.15) is 11.6 Å². The molecule has 29 heavy (non-hydrogen) atoms. The maximum atomic E-state index is 12.7. The molecule has 0 spiro atoms. The highest BCUT2D eigenvalue weighted by Crippen LogP contribution is 2.31. The summed E-state index contributed by atoms with van der Waals surface area (Å²) < 4.78 is 38.2. The van der Waals surface area contributed by atoms with Gasteiger partial charge in [0.15, 0.2) is 5.82 Å². The van der Waals surface area contributed by atoms with Crippen LogP contribution in [0.25, 0.3) is 22.8 Å². The van der Waals surface area contributed by atoms with Gasteiger partial charge in [0.05, 0.1) is 10.6 Å². The van der Waals surface area contributed by atoms with Crippen LogP contribution in [0.15, 0.2) is 47.3 Å². The van der Waals surface area contributed by atoms with Crippen molar-refractivity contribution in [1.29, 1.82) is 0 Å². The summed E-state index contributed by atoms with van der Waals surface area (Å²) in [7, 11) is 0. The van der Waals surface area contributed by atoms with Gasteiger partial charge in [-0.2, -0.15) is 18.2 Å². The Bertz CT molecular complexity index is 1110. The third kappa shape index (κ3) is 5.08. The first kappa shape index (κ1) is 20.7. The SMILES string of the molecule is CC(=O)CCc1ccc(Cl)c(-c2nc(-c3ccc(C(F)(F)F)cc3)nc(=O)[nH]2)c1. The van der Waals surface area contributed by atoms with Crippen molar-refractivity contribution in [2.45, 2.75) is 25.9 Å². The fourth-order valence-electron chi connectivity index (χ4n) is 2.68. The summed E-state index contributed by atoms with van der Waals surface area (Å²) in [6.45, 7) is 1.50. The molecule has 0 aliphatic heterocycles. The fraction of sp³-hybridized carbons (Fsp3) is 0.200. The molecule has 9 heteroatoms. The minimum absolute atomic E-state index is 0.0253. The zero-order valence-corrected chi connectivity index (χ0v) is 15.9. The van der Waals surface area contributed by atoms with Crippen LogP contribution in [0, 0.1) is 0 Å². The van der Waals surface area contributed by atoms with Crippen LogP contribution in [0.5, 0.6) is 0 Å². The van der Waals surface area contributed by atoms with Crippen molar-refractivity contribution in [2.24, 2.45) is 0 Å². The second kappa shape index (κ2) is 8.16. The standard InChI is InChI=1S/C20H15ClF3N3O2/c1-11(28)2-3-12-4-9-16(21)15(10-12)18-25-17(26-19(29)27-18)13-5-7-14(8-6-13)20(22,23)24/h4-10H,2-3H2,1H3,(H,25,26,27,29). The molecule has 0 atom stereocenters. The Kier molecular flexibility index (Phi) is 5.83. The highest BCUT2D eigenvalue weighted by molar-refractivity contribution is 6.33. The number of H-pyrrole nitrogens is 1. The number of hydrogen-bond acceptors (Lipinski definition) is 4. The summed E-state index contributed by atoms with van der Waals surface area (Å²) in [5.41, 5.74) is -0.00707. The molecule has 0 fully saturated rings. The molecule has 2 aromatic carbocycles. The van der Waals surface area contributed by atoms with Gasteiger partial charge in [-0.25, -0.2) is 9.78 Å². The number of halogens is 4. The van der Waals surface area contributed by atoms with E-state index in [0.29, 0.717) is 23.4 Å². The second-order valence-electron chi connectivity index (χ2n) is 6.42. The van der Waals surface area contributed by atoms with E-state index in [-0.39, 0.29) is 23.0 Å². The average molecular weight is 422 g/mol. The number of carbonyl (C=O) groups excluding carboxylic acids is 1. The third-order valence-electron chi connectivity index (χ3n) is 4.17. The van der Waals surface area contributed by atoms with Crippen molar-refractivity contribution in [3.05, 3.63) is 69.1 Å². The summed E-state index contributed by atoms with van der Waals surface area (Å²) in [6, 6.07) is 9.30. The lowest BCUT2D eigenvalue weighted by Gasteiger charge is -2.09. The van der Waals surface area contributed by atoms with Crippen LogP contribution in [-0.2, 0) is 17.4 Å². The normalized spacial score (nSPS) is 11.5. The lowest BCUT2D eigenvalue weighted by Crippen LogP contribution is -2.14. The molecule has 0 radical (unpaired) electrons. The molecular weight excluding hydrogens is 407 g/mol. The van der Waals surface area contributed by atoms with Gasteiger partial charge in [0.2, 0.25) is 0 Å². The number of ketones is 1. The molecule has 0 aliphatic rings. The van der Waals surface area contributed by atoms with Gasteiger partial charge in [-0.05, 0) is 43.2 Å². The van der Waals surface area contributed by atoms with Crippen LogP contribution >= 0.6 is 11.6 Å². The Morgan fingerprint density at radius 2 is 1.79 bits per heavy atom. The first-order valence-electron chi connectivity index (χ1n) is 8.58. The van der Waals surface area contributed by atoms with E-state index in [1.165, 1.54) is 19.1 Å². The van der Waals surface area contributed by atoms with Crippen molar-refractivity contribution in [2.75, 3.05) is 0 Å². The second-order valence-corrected chi connectivity index (χ2v) is 6.82. The van der Waals surface area contributed by atoms with E-state index in [9.17, 15) is 22.8 Å². The van der Waals surface area contributed by atoms with E-state index in [4.69, 9.17) is 11.6 Å². The number of aromatic nitrogens is 3. The number of aromatic amines is 1. The van der Waals surface area contributed by atoms with Crippen LogP contribution in [0.1, 0.15) is 24.5 Å². The Balaban J connectivity index is 2.01. The van der Waals surface area contributed by atoms with Gasteiger partial charge in [-0.15, -0.1) is 0 Å². The smallest absolute Gasteiger partial charge is 0.300 e. The van der Waals surface area contributed by atoms with Gasteiger partial charge >= 0.3 is 11.9 Å². The van der Waals surface area contributed by atoms with Gasteiger partial charge in [-0.3, -0.25) is 4.98 Å². The van der Waals surface area contributed by atoms with Crippen molar-refractivity contribution < 1.29 is 18.0 Å². The fourth-order valence-corrected chi connectivity index (χ4v) is 2.89. The summed E-state index contributed by atoms with van der Waals surface area (Å²) in [4.78, 5) is 33.7. The number of alkyl halides is 3. The number of rotatable bonds is 5. The molecule has 0 amide bonds. The molecular formula is C20H15ClF3N3O2. The first-order chi connectivity index (χ1) is 13.6. The minimum atomic E-state index is -4.47. The van der Waals surface area contributed by atoms with Crippen LogP contribution < -0.4 is 5.69 Å². The predicted molar refractivity (Wildman–Crippen MR) is 103 cm³/mol. The number of hydrogen-bond donors (Lipinski definition) is 1. The Hall–Kier alpha value is -3.00. The first-order valence-corrected chi connectivity index (χ1v) is 8.95. The Morgan fingerprint density at radius 3 is 2.41 bits per heavy atom. The van der Waals surface area contributed by atoms with Crippen molar-refractivity contribution in [3.63, 3.8) is 0 Å². The maximum absolute atomic E-state index is 12.7. The van der Waals surface area contributed by atoms with E-state index in [2.05, 4.69) is 15.0 Å². The summed E-state index contributed by atoms with van der Waals surface area (Å²) >= 11 is 6.24. The van der Waals surface area contributed by atoms with E-state index in [1.807, 2.05) is 0 Å². The monoisotopic (exact) mass is 421 g/mol. The quantitative estimate of drug-likeness (QED) is 0.648. The van der Waals surface area contributed by atoms with Crippen LogP contribution in [0.3, 0.4) is 0 Å². The van der Waals surface area contributed by atoms with Crippen molar-refractivity contribution in [1.82, 2.24) is 15.0 Å². The third-order valence-corrected chi connectivity index (χ3v) is 4.50. The lowest BCUT2D eigenvalue weighted by molar-refractivity contribution is -0.137. The molecule has 0 bridgehead atoms. The molecule has 1 N–H and O–H groups in total. The molecule has 5 nitrogen and oxygen atoms in total. The Labute approximate surface area is 168 Å². The molecule has 1 aromatic heterocycles. The van der Waals surface area contributed by atoms with E-state index < -0.39 is 17.4 Å². The number of benzene rings is 2. The minimum Gasteiger partial charge on any atom is -0.300 e. The molecule has 3 rings (SSSR count). The number of nitrogens with one attached hydrogen (secondary N) is 1. The topological polar surface area (TPSA) is 75.7 Å². The van der Waals surface area contributed by atoms with Crippen LogP contribution in [0.2, 0.25) is 5.02 Å². The summed E-state index contributed by atoms with van der Waals surface area (Å²) in [6.07, 6.45) is -3.61. The maximum Gasteiger partial charge on any atom is 0.416 e. The molecule has 1 heterocycles. The van der Waals surface area contributed by atoms with Crippen molar-refractivity contribution in [3.8, 4) is 22.8 Å². The summed E-state index contributed by atoms with van der Waals surface area (Å²) in [5.74, 6) is 0.152. The number of carbonyl (C=O) groups is 1. The van der Waals surface area contributed by atoms with Gasteiger partial charge in [0, 0.05) is 17.5 Å². The van der Waals surface area contributed by atoms with E-state index in [1.54, 1.807) is 18.2 Å². The highest BCUT2D eigenvalue weighted by Gasteiger charge is 2.30. The molecule has 0 unspecified atom stereocenters. The van der Waals surface area contributed by atoms with Gasteiger partial charge < -0.3 is 4.79 Å². The van der Waals surface area contributed by atoms with Crippen LogP contribution in [0.4, 0.5) is 13.2 Å². The molecule has 150 valence electrons. The molecule has 0 saturated heterocycles.